The average Bonchev–Trinajstić information content (AvgIpc) is 3.02. The van der Waals surface area contributed by atoms with E-state index in [-0.39, 0.29) is 25.3 Å². The number of fused-ring (bicyclic) bond motifs is 2. The Hall–Kier alpha value is -2.64. The summed E-state index contributed by atoms with van der Waals surface area (Å²) in [5.74, 6) is -0.313. The molecular weight excluding hydrogens is 314 g/mol. The van der Waals surface area contributed by atoms with Crippen molar-refractivity contribution >= 4 is 27.8 Å². The highest BCUT2D eigenvalue weighted by atomic mass is 16.4. The Morgan fingerprint density at radius 3 is 2.83 bits per heavy atom. The van der Waals surface area contributed by atoms with Gasteiger partial charge in [0, 0.05) is 35.4 Å². The van der Waals surface area contributed by atoms with Gasteiger partial charge < -0.3 is 24.4 Å². The highest BCUT2D eigenvalue weighted by Crippen LogP contribution is 2.23. The molecule has 0 saturated carbocycles. The molecule has 1 aromatic carbocycles. The van der Waals surface area contributed by atoms with Crippen LogP contribution in [0.5, 0.6) is 0 Å². The standard InChI is InChI=1S/C17H17NO6/c19-9-13(20)8-18-16(21)2-1-11-6-12-5-10-3-4-23-14(10)7-15(12)24-17(11)22/h3-7,13,19-20H,1-2,8-9H2,(H,18,21). The zero-order valence-corrected chi connectivity index (χ0v) is 12.8. The van der Waals surface area contributed by atoms with E-state index in [0.29, 0.717) is 16.7 Å². The number of aliphatic hydroxyl groups excluding tert-OH is 2. The lowest BCUT2D eigenvalue weighted by Crippen LogP contribution is -2.34. The topological polar surface area (TPSA) is 113 Å². The van der Waals surface area contributed by atoms with Gasteiger partial charge in [0.1, 0.15) is 11.2 Å². The number of carbonyl (C=O) groups is 1. The Morgan fingerprint density at radius 1 is 1.21 bits per heavy atom. The summed E-state index contributed by atoms with van der Waals surface area (Å²) in [6.07, 6.45) is 0.885. The summed E-state index contributed by atoms with van der Waals surface area (Å²) < 4.78 is 10.6. The molecule has 0 radical (unpaired) electrons. The molecular formula is C17H17NO6. The van der Waals surface area contributed by atoms with Crippen molar-refractivity contribution in [1.82, 2.24) is 5.32 Å². The number of amides is 1. The molecule has 126 valence electrons. The minimum atomic E-state index is -0.989. The number of hydrogen-bond donors (Lipinski definition) is 3. The normalized spacial score (nSPS) is 12.6. The molecule has 0 aliphatic rings. The van der Waals surface area contributed by atoms with Gasteiger partial charge in [-0.3, -0.25) is 4.79 Å². The quantitative estimate of drug-likeness (QED) is 0.580. The fraction of sp³-hybridized carbons (Fsp3) is 0.294. The molecule has 1 atom stereocenters. The lowest BCUT2D eigenvalue weighted by molar-refractivity contribution is -0.121. The summed E-state index contributed by atoms with van der Waals surface area (Å²) in [5.41, 5.74) is 0.988. The first-order valence-electron chi connectivity index (χ1n) is 7.56. The van der Waals surface area contributed by atoms with Crippen LogP contribution in [-0.2, 0) is 11.2 Å². The third-order valence-electron chi connectivity index (χ3n) is 3.75. The van der Waals surface area contributed by atoms with Gasteiger partial charge in [0.2, 0.25) is 5.91 Å². The molecule has 1 amide bonds. The maximum absolute atomic E-state index is 12.0. The predicted molar refractivity (Wildman–Crippen MR) is 86.7 cm³/mol. The van der Waals surface area contributed by atoms with E-state index >= 15 is 0 Å². The average molecular weight is 331 g/mol. The minimum Gasteiger partial charge on any atom is -0.464 e. The number of aryl methyl sites for hydroxylation is 1. The largest absolute Gasteiger partial charge is 0.464 e. The second-order valence-corrected chi connectivity index (χ2v) is 5.55. The van der Waals surface area contributed by atoms with Gasteiger partial charge in [-0.2, -0.15) is 0 Å². The molecule has 0 spiro atoms. The summed E-state index contributed by atoms with van der Waals surface area (Å²) in [6, 6.07) is 7.06. The molecule has 0 aliphatic carbocycles. The molecule has 1 unspecified atom stereocenters. The molecule has 0 saturated heterocycles. The van der Waals surface area contributed by atoms with E-state index in [0.717, 1.165) is 10.8 Å². The molecule has 7 heteroatoms. The number of benzene rings is 1. The maximum Gasteiger partial charge on any atom is 0.339 e. The van der Waals surface area contributed by atoms with Gasteiger partial charge in [-0.05, 0) is 24.6 Å². The molecule has 0 aliphatic heterocycles. The number of furan rings is 1. The van der Waals surface area contributed by atoms with E-state index in [1.54, 1.807) is 18.4 Å². The van der Waals surface area contributed by atoms with Gasteiger partial charge in [0.15, 0.2) is 0 Å². The first kappa shape index (κ1) is 16.2. The van der Waals surface area contributed by atoms with Crippen LogP contribution in [0.15, 0.2) is 44.2 Å². The summed E-state index contributed by atoms with van der Waals surface area (Å²) in [5, 5.41) is 22.0. The second-order valence-electron chi connectivity index (χ2n) is 5.55. The summed E-state index contributed by atoms with van der Waals surface area (Å²) in [7, 11) is 0. The van der Waals surface area contributed by atoms with Crippen LogP contribution in [0.4, 0.5) is 0 Å². The molecule has 2 heterocycles. The van der Waals surface area contributed by atoms with Crippen molar-refractivity contribution in [3.63, 3.8) is 0 Å². The Kier molecular flexibility index (Phi) is 4.64. The fourth-order valence-corrected chi connectivity index (χ4v) is 2.43. The van der Waals surface area contributed by atoms with Crippen molar-refractivity contribution in [2.75, 3.05) is 13.2 Å². The Balaban J connectivity index is 1.74. The fourth-order valence-electron chi connectivity index (χ4n) is 2.43. The van der Waals surface area contributed by atoms with E-state index in [1.807, 2.05) is 12.1 Å². The van der Waals surface area contributed by atoms with Gasteiger partial charge in [-0.25, -0.2) is 4.79 Å². The Morgan fingerprint density at radius 2 is 2.04 bits per heavy atom. The van der Waals surface area contributed by atoms with Gasteiger partial charge >= 0.3 is 5.63 Å². The lowest BCUT2D eigenvalue weighted by Gasteiger charge is -2.08. The van der Waals surface area contributed by atoms with Crippen LogP contribution in [0.2, 0.25) is 0 Å². The van der Waals surface area contributed by atoms with Crippen LogP contribution in [0.1, 0.15) is 12.0 Å². The van der Waals surface area contributed by atoms with Crippen molar-refractivity contribution in [1.29, 1.82) is 0 Å². The highest BCUT2D eigenvalue weighted by Gasteiger charge is 2.11. The van der Waals surface area contributed by atoms with Crippen molar-refractivity contribution in [3.8, 4) is 0 Å². The summed E-state index contributed by atoms with van der Waals surface area (Å²) >= 11 is 0. The van der Waals surface area contributed by atoms with Crippen LogP contribution in [0, 0.1) is 0 Å². The van der Waals surface area contributed by atoms with Crippen LogP contribution in [0.25, 0.3) is 21.9 Å². The SMILES string of the molecule is O=C(CCc1cc2cc3ccoc3cc2oc1=O)NCC(O)CO. The maximum atomic E-state index is 12.0. The van der Waals surface area contributed by atoms with Crippen molar-refractivity contribution in [2.24, 2.45) is 0 Å². The Bertz CT molecular complexity index is 926. The zero-order chi connectivity index (χ0) is 17.1. The molecule has 3 rings (SSSR count). The van der Waals surface area contributed by atoms with Gasteiger partial charge in [0.25, 0.3) is 0 Å². The van der Waals surface area contributed by atoms with Crippen LogP contribution in [0.3, 0.4) is 0 Å². The van der Waals surface area contributed by atoms with Crippen LogP contribution >= 0.6 is 0 Å². The highest BCUT2D eigenvalue weighted by molar-refractivity contribution is 5.93. The van der Waals surface area contributed by atoms with E-state index in [9.17, 15) is 14.7 Å². The molecule has 24 heavy (non-hydrogen) atoms. The number of nitrogens with one attached hydrogen (secondary N) is 1. The molecule has 2 aromatic heterocycles. The number of carbonyl (C=O) groups excluding carboxylic acids is 1. The first-order chi connectivity index (χ1) is 11.6. The third-order valence-corrected chi connectivity index (χ3v) is 3.75. The number of hydrogen-bond acceptors (Lipinski definition) is 6. The molecule has 7 nitrogen and oxygen atoms in total. The first-order valence-corrected chi connectivity index (χ1v) is 7.56. The van der Waals surface area contributed by atoms with E-state index in [2.05, 4.69) is 5.32 Å². The third kappa shape index (κ3) is 3.47. The molecule has 3 aromatic rings. The van der Waals surface area contributed by atoms with E-state index in [4.69, 9.17) is 13.9 Å². The molecule has 0 fully saturated rings. The Labute approximate surface area is 136 Å². The van der Waals surface area contributed by atoms with Gasteiger partial charge in [-0.15, -0.1) is 0 Å². The van der Waals surface area contributed by atoms with Crippen LogP contribution < -0.4 is 10.9 Å². The number of rotatable bonds is 6. The predicted octanol–water partition coefficient (Wildman–Crippen LogP) is 0.941. The van der Waals surface area contributed by atoms with Gasteiger partial charge in [0.05, 0.1) is 19.0 Å². The van der Waals surface area contributed by atoms with E-state index < -0.39 is 18.3 Å². The summed E-state index contributed by atoms with van der Waals surface area (Å²) in [4.78, 5) is 23.7. The van der Waals surface area contributed by atoms with Gasteiger partial charge in [-0.1, -0.05) is 0 Å². The van der Waals surface area contributed by atoms with Crippen LogP contribution in [-0.4, -0.2) is 35.4 Å². The van der Waals surface area contributed by atoms with E-state index in [1.165, 1.54) is 0 Å². The zero-order valence-electron chi connectivity index (χ0n) is 12.8. The second kappa shape index (κ2) is 6.86. The van der Waals surface area contributed by atoms with Crippen molar-refractivity contribution < 1.29 is 23.8 Å². The monoisotopic (exact) mass is 331 g/mol. The smallest absolute Gasteiger partial charge is 0.339 e. The summed E-state index contributed by atoms with van der Waals surface area (Å²) in [6.45, 7) is -0.447. The molecule has 3 N–H and O–H groups in total. The van der Waals surface area contributed by atoms with Crippen molar-refractivity contribution in [2.45, 2.75) is 18.9 Å². The number of aliphatic hydroxyl groups is 2. The lowest BCUT2D eigenvalue weighted by atomic mass is 10.1. The van der Waals surface area contributed by atoms with Crippen molar-refractivity contribution in [3.05, 3.63) is 46.5 Å². The molecule has 0 bridgehead atoms. The minimum absolute atomic E-state index is 0.0276.